The molecule has 0 radical (unpaired) electrons. The van der Waals surface area contributed by atoms with Gasteiger partial charge in [-0.05, 0) is 25.5 Å². The molecule has 0 atom stereocenters. The smallest absolute Gasteiger partial charge is 0.183 e. The van der Waals surface area contributed by atoms with Crippen molar-refractivity contribution in [1.82, 2.24) is 5.32 Å². The molecule has 0 bridgehead atoms. The zero-order valence-electron chi connectivity index (χ0n) is 8.54. The Bertz CT molecular complexity index is 250. The summed E-state index contributed by atoms with van der Waals surface area (Å²) in [6.45, 7) is 0.647. The molecular weight excluding hydrogens is 198 g/mol. The summed E-state index contributed by atoms with van der Waals surface area (Å²) in [6, 6.07) is 0. The highest BCUT2D eigenvalue weighted by atomic mass is 32.2. The average Bonchev–Trinajstić information content (AvgIpc) is 2.15. The summed E-state index contributed by atoms with van der Waals surface area (Å²) in [7, 11) is 1.73. The summed E-state index contributed by atoms with van der Waals surface area (Å²) < 4.78 is 5.42. The van der Waals surface area contributed by atoms with E-state index in [1.165, 1.54) is 18.2 Å². The minimum atomic E-state index is -0.0574. The van der Waals surface area contributed by atoms with Crippen molar-refractivity contribution in [3.05, 3.63) is 0 Å². The number of nitrogens with one attached hydrogen (secondary N) is 1. The van der Waals surface area contributed by atoms with Gasteiger partial charge < -0.3 is 4.74 Å². The lowest BCUT2D eigenvalue weighted by Crippen LogP contribution is -2.42. The van der Waals surface area contributed by atoms with Gasteiger partial charge in [-0.1, -0.05) is 11.8 Å². The van der Waals surface area contributed by atoms with Crippen molar-refractivity contribution in [1.29, 1.82) is 5.26 Å². The first-order valence-corrected chi connectivity index (χ1v) is 5.77. The van der Waals surface area contributed by atoms with Gasteiger partial charge in [0.2, 0.25) is 0 Å². The monoisotopic (exact) mass is 213 g/mol. The van der Waals surface area contributed by atoms with Crippen LogP contribution >= 0.6 is 11.8 Å². The van der Waals surface area contributed by atoms with E-state index in [0.717, 1.165) is 12.8 Å². The molecular formula is C9H15N3OS. The average molecular weight is 213 g/mol. The molecule has 78 valence electrons. The van der Waals surface area contributed by atoms with Crippen molar-refractivity contribution in [2.45, 2.75) is 24.9 Å². The minimum absolute atomic E-state index is 0.0574. The quantitative estimate of drug-likeness (QED) is 0.333. The number of thioether (sulfide) groups is 1. The third kappa shape index (κ3) is 2.63. The van der Waals surface area contributed by atoms with E-state index in [0.29, 0.717) is 11.7 Å². The van der Waals surface area contributed by atoms with Gasteiger partial charge in [0.1, 0.15) is 0 Å². The highest BCUT2D eigenvalue weighted by Crippen LogP contribution is 2.35. The highest BCUT2D eigenvalue weighted by molar-refractivity contribution is 8.13. The van der Waals surface area contributed by atoms with Gasteiger partial charge in [-0.3, -0.25) is 10.3 Å². The number of hydrogen-bond donors (Lipinski definition) is 1. The van der Waals surface area contributed by atoms with Crippen LogP contribution in [0.2, 0.25) is 0 Å². The van der Waals surface area contributed by atoms with Gasteiger partial charge in [0.15, 0.2) is 11.4 Å². The fraction of sp³-hybridized carbons (Fsp3) is 0.778. The van der Waals surface area contributed by atoms with Crippen molar-refractivity contribution in [3.8, 4) is 6.19 Å². The summed E-state index contributed by atoms with van der Waals surface area (Å²) in [6.07, 6.45) is 7.11. The SMILES string of the molecule is COC1(CN=C(NC#N)SC)CCC1. The second-order valence-corrected chi connectivity index (χ2v) is 4.10. The molecule has 1 fully saturated rings. The van der Waals surface area contributed by atoms with Crippen LogP contribution in [0.4, 0.5) is 0 Å². The molecule has 4 nitrogen and oxygen atoms in total. The van der Waals surface area contributed by atoms with Gasteiger partial charge in [-0.2, -0.15) is 5.26 Å². The van der Waals surface area contributed by atoms with Gasteiger partial charge in [0.05, 0.1) is 12.1 Å². The number of aliphatic imine (C=N–C) groups is 1. The Labute approximate surface area is 88.7 Å². The zero-order valence-corrected chi connectivity index (χ0v) is 9.36. The lowest BCUT2D eigenvalue weighted by atomic mass is 9.80. The molecule has 0 saturated heterocycles. The zero-order chi connectivity index (χ0) is 10.4. The van der Waals surface area contributed by atoms with Crippen molar-refractivity contribution >= 4 is 16.9 Å². The van der Waals surface area contributed by atoms with E-state index in [9.17, 15) is 0 Å². The molecule has 0 aromatic carbocycles. The first kappa shape index (κ1) is 11.3. The fourth-order valence-electron chi connectivity index (χ4n) is 1.42. The predicted octanol–water partition coefficient (Wildman–Crippen LogP) is 1.35. The molecule has 0 aromatic heterocycles. The maximum absolute atomic E-state index is 8.44. The predicted molar refractivity (Wildman–Crippen MR) is 58.2 cm³/mol. The van der Waals surface area contributed by atoms with E-state index in [2.05, 4.69) is 10.3 Å². The Morgan fingerprint density at radius 1 is 1.71 bits per heavy atom. The number of rotatable bonds is 3. The van der Waals surface area contributed by atoms with Gasteiger partial charge in [0.25, 0.3) is 0 Å². The highest BCUT2D eigenvalue weighted by Gasteiger charge is 2.36. The minimum Gasteiger partial charge on any atom is -0.376 e. The Morgan fingerprint density at radius 3 is 2.79 bits per heavy atom. The van der Waals surface area contributed by atoms with Gasteiger partial charge in [-0.25, -0.2) is 0 Å². The molecule has 1 N–H and O–H groups in total. The van der Waals surface area contributed by atoms with Crippen LogP contribution in [-0.4, -0.2) is 30.7 Å². The second-order valence-electron chi connectivity index (χ2n) is 3.30. The molecule has 1 saturated carbocycles. The lowest BCUT2D eigenvalue weighted by molar-refractivity contribution is -0.0629. The van der Waals surface area contributed by atoms with Crippen molar-refractivity contribution in [2.75, 3.05) is 19.9 Å². The molecule has 1 rings (SSSR count). The molecule has 5 heteroatoms. The Morgan fingerprint density at radius 2 is 2.43 bits per heavy atom. The molecule has 0 heterocycles. The maximum Gasteiger partial charge on any atom is 0.183 e. The van der Waals surface area contributed by atoms with Crippen LogP contribution < -0.4 is 5.32 Å². The number of nitriles is 1. The molecule has 14 heavy (non-hydrogen) atoms. The molecule has 0 aliphatic heterocycles. The summed E-state index contributed by atoms with van der Waals surface area (Å²) >= 11 is 1.44. The molecule has 1 aliphatic rings. The molecule has 1 aliphatic carbocycles. The summed E-state index contributed by atoms with van der Waals surface area (Å²) in [5.74, 6) is 0. The summed E-state index contributed by atoms with van der Waals surface area (Å²) in [5, 5.41) is 11.6. The normalized spacial score (nSPS) is 19.6. The van der Waals surface area contributed by atoms with E-state index in [1.54, 1.807) is 7.11 Å². The lowest BCUT2D eigenvalue weighted by Gasteiger charge is -2.39. The van der Waals surface area contributed by atoms with E-state index >= 15 is 0 Å². The van der Waals surface area contributed by atoms with Crippen molar-refractivity contribution in [3.63, 3.8) is 0 Å². The van der Waals surface area contributed by atoms with Gasteiger partial charge in [-0.15, -0.1) is 0 Å². The van der Waals surface area contributed by atoms with E-state index in [-0.39, 0.29) is 5.60 Å². The number of hydrogen-bond acceptors (Lipinski definition) is 4. The fourth-order valence-corrected chi connectivity index (χ4v) is 1.76. The largest absolute Gasteiger partial charge is 0.376 e. The van der Waals surface area contributed by atoms with Gasteiger partial charge >= 0.3 is 0 Å². The number of methoxy groups -OCH3 is 1. The van der Waals surface area contributed by atoms with Crippen LogP contribution in [-0.2, 0) is 4.74 Å². The van der Waals surface area contributed by atoms with Crippen LogP contribution in [0.5, 0.6) is 0 Å². The summed E-state index contributed by atoms with van der Waals surface area (Å²) in [4.78, 5) is 4.32. The summed E-state index contributed by atoms with van der Waals surface area (Å²) in [5.41, 5.74) is -0.0574. The van der Waals surface area contributed by atoms with Crippen LogP contribution in [0.15, 0.2) is 4.99 Å². The number of nitrogens with zero attached hydrogens (tertiary/aromatic N) is 2. The molecule has 0 amide bonds. The van der Waals surface area contributed by atoms with E-state index in [4.69, 9.17) is 10.00 Å². The topological polar surface area (TPSA) is 57.4 Å². The standard InChI is InChI=1S/C9H15N3OS/c1-13-9(4-3-5-9)6-11-8(14-2)12-7-10/h3-6H2,1-2H3,(H,11,12). The molecule has 0 unspecified atom stereocenters. The number of ether oxygens (including phenoxy) is 1. The Hall–Kier alpha value is -0.730. The number of amidine groups is 1. The third-order valence-electron chi connectivity index (χ3n) is 2.56. The first-order chi connectivity index (χ1) is 6.76. The first-order valence-electron chi connectivity index (χ1n) is 4.55. The van der Waals surface area contributed by atoms with Crippen molar-refractivity contribution < 1.29 is 4.74 Å². The second kappa shape index (κ2) is 5.23. The molecule has 0 aromatic rings. The molecule has 0 spiro atoms. The van der Waals surface area contributed by atoms with Crippen LogP contribution in [0.25, 0.3) is 0 Å². The van der Waals surface area contributed by atoms with Crippen molar-refractivity contribution in [2.24, 2.45) is 4.99 Å². The third-order valence-corrected chi connectivity index (χ3v) is 3.18. The maximum atomic E-state index is 8.44. The van der Waals surface area contributed by atoms with Gasteiger partial charge in [0, 0.05) is 7.11 Å². The van der Waals surface area contributed by atoms with Crippen LogP contribution in [0.3, 0.4) is 0 Å². The van der Waals surface area contributed by atoms with Crippen LogP contribution in [0, 0.1) is 11.5 Å². The van der Waals surface area contributed by atoms with E-state index < -0.39 is 0 Å². The Kier molecular flexibility index (Phi) is 4.23. The van der Waals surface area contributed by atoms with E-state index in [1.807, 2.05) is 12.4 Å². The Balaban J connectivity index is 2.46. The van der Waals surface area contributed by atoms with Crippen LogP contribution in [0.1, 0.15) is 19.3 Å².